The van der Waals surface area contributed by atoms with Crippen LogP contribution < -0.4 is 10.6 Å². The van der Waals surface area contributed by atoms with E-state index < -0.39 is 4.92 Å². The van der Waals surface area contributed by atoms with Crippen molar-refractivity contribution in [2.45, 2.75) is 27.2 Å². The van der Waals surface area contributed by atoms with E-state index in [-0.39, 0.29) is 11.6 Å². The maximum atomic E-state index is 11.0. The molecule has 1 atom stereocenters. The van der Waals surface area contributed by atoms with E-state index in [0.29, 0.717) is 24.8 Å². The topological polar surface area (TPSA) is 98.2 Å². The Morgan fingerprint density at radius 2 is 2.22 bits per heavy atom. The lowest BCUT2D eigenvalue weighted by Crippen LogP contribution is -2.29. The zero-order chi connectivity index (χ0) is 13.7. The molecule has 1 aromatic heterocycles. The van der Waals surface area contributed by atoms with Crippen LogP contribution in [0, 0.1) is 16.0 Å². The molecule has 7 nitrogen and oxygen atoms in total. The summed E-state index contributed by atoms with van der Waals surface area (Å²) in [5, 5.41) is 11.0. The molecule has 1 aromatic rings. The molecule has 1 unspecified atom stereocenters. The average Bonchev–Trinajstić information content (AvgIpc) is 2.35. The number of nitrogen functional groups attached to an aromatic ring is 1. The van der Waals surface area contributed by atoms with Crippen LogP contribution in [0.4, 0.5) is 17.5 Å². The van der Waals surface area contributed by atoms with Gasteiger partial charge in [-0.25, -0.2) is 4.98 Å². The molecule has 0 radical (unpaired) electrons. The van der Waals surface area contributed by atoms with E-state index in [0.717, 1.165) is 12.6 Å². The van der Waals surface area contributed by atoms with Crippen molar-refractivity contribution >= 4 is 17.5 Å². The van der Waals surface area contributed by atoms with Gasteiger partial charge in [0, 0.05) is 13.1 Å². The molecule has 0 saturated heterocycles. The molecule has 0 aliphatic carbocycles. The van der Waals surface area contributed by atoms with E-state index in [4.69, 9.17) is 5.73 Å². The summed E-state index contributed by atoms with van der Waals surface area (Å²) in [5.41, 5.74) is 5.41. The van der Waals surface area contributed by atoms with Crippen LogP contribution in [-0.2, 0) is 0 Å². The molecule has 0 fully saturated rings. The first-order valence-corrected chi connectivity index (χ1v) is 6.01. The van der Waals surface area contributed by atoms with E-state index >= 15 is 0 Å². The van der Waals surface area contributed by atoms with E-state index in [1.807, 2.05) is 11.8 Å². The summed E-state index contributed by atoms with van der Waals surface area (Å²) in [5.74, 6) is 0.786. The summed E-state index contributed by atoms with van der Waals surface area (Å²) in [4.78, 5) is 20.0. The Morgan fingerprint density at radius 1 is 1.56 bits per heavy atom. The molecule has 0 bridgehead atoms. The molecule has 0 aliphatic heterocycles. The summed E-state index contributed by atoms with van der Waals surface area (Å²) in [7, 11) is 0. The number of hydrogen-bond donors (Lipinski definition) is 1. The first kappa shape index (κ1) is 14.1. The van der Waals surface area contributed by atoms with Gasteiger partial charge in [-0.15, -0.1) is 0 Å². The van der Waals surface area contributed by atoms with Gasteiger partial charge < -0.3 is 10.6 Å². The Labute approximate surface area is 106 Å². The molecule has 0 amide bonds. The monoisotopic (exact) mass is 253 g/mol. The number of hydrogen-bond acceptors (Lipinski definition) is 6. The Hall–Kier alpha value is -1.92. The minimum Gasteiger partial charge on any atom is -0.368 e. The number of aromatic nitrogens is 2. The van der Waals surface area contributed by atoms with Crippen LogP contribution in [0.1, 0.15) is 27.2 Å². The molecule has 0 aromatic carbocycles. The molecule has 0 aliphatic rings. The molecule has 0 spiro atoms. The second kappa shape index (κ2) is 6.13. The summed E-state index contributed by atoms with van der Waals surface area (Å²) in [6.07, 6.45) is 2.17. The largest absolute Gasteiger partial charge is 0.368 e. The van der Waals surface area contributed by atoms with Gasteiger partial charge in [-0.1, -0.05) is 20.3 Å². The Morgan fingerprint density at radius 3 is 2.72 bits per heavy atom. The molecule has 0 saturated carbocycles. The van der Waals surface area contributed by atoms with Crippen molar-refractivity contribution in [3.8, 4) is 0 Å². The van der Waals surface area contributed by atoms with Crippen molar-refractivity contribution in [1.29, 1.82) is 0 Å². The third-order valence-electron chi connectivity index (χ3n) is 2.88. The molecule has 1 heterocycles. The van der Waals surface area contributed by atoms with Gasteiger partial charge in [0.15, 0.2) is 0 Å². The standard InChI is InChI=1S/C11H19N5O2/c1-4-8(3)7-15(5-2)10-9(16(17)18)6-13-11(12)14-10/h6,8H,4-5,7H2,1-3H3,(H2,12,13,14). The van der Waals surface area contributed by atoms with Crippen LogP contribution in [0.2, 0.25) is 0 Å². The van der Waals surface area contributed by atoms with Crippen LogP contribution >= 0.6 is 0 Å². The van der Waals surface area contributed by atoms with Crippen LogP contribution in [0.3, 0.4) is 0 Å². The van der Waals surface area contributed by atoms with Gasteiger partial charge in [0.25, 0.3) is 0 Å². The highest BCUT2D eigenvalue weighted by Crippen LogP contribution is 2.26. The van der Waals surface area contributed by atoms with E-state index in [9.17, 15) is 10.1 Å². The average molecular weight is 253 g/mol. The summed E-state index contributed by atoms with van der Waals surface area (Å²) >= 11 is 0. The number of nitrogens with zero attached hydrogens (tertiary/aromatic N) is 4. The first-order chi connectivity index (χ1) is 8.49. The van der Waals surface area contributed by atoms with Gasteiger partial charge in [-0.3, -0.25) is 10.1 Å². The lowest BCUT2D eigenvalue weighted by molar-refractivity contribution is -0.384. The SMILES string of the molecule is CCC(C)CN(CC)c1nc(N)ncc1[N+](=O)[O-]. The number of anilines is 2. The number of rotatable bonds is 6. The van der Waals surface area contributed by atoms with Crippen molar-refractivity contribution in [3.63, 3.8) is 0 Å². The second-order valence-electron chi connectivity index (χ2n) is 4.25. The zero-order valence-electron chi connectivity index (χ0n) is 11.0. The highest BCUT2D eigenvalue weighted by atomic mass is 16.6. The van der Waals surface area contributed by atoms with Gasteiger partial charge in [-0.2, -0.15) is 4.98 Å². The number of nitro groups is 1. The predicted molar refractivity (Wildman–Crippen MR) is 70.4 cm³/mol. The minimum absolute atomic E-state index is 0.0539. The maximum absolute atomic E-state index is 11.0. The Kier molecular flexibility index (Phi) is 4.82. The highest BCUT2D eigenvalue weighted by molar-refractivity contribution is 5.58. The summed E-state index contributed by atoms with van der Waals surface area (Å²) < 4.78 is 0. The molecular weight excluding hydrogens is 234 g/mol. The van der Waals surface area contributed by atoms with Crippen LogP contribution in [-0.4, -0.2) is 28.0 Å². The molecule has 1 rings (SSSR count). The molecule has 18 heavy (non-hydrogen) atoms. The quantitative estimate of drug-likeness (QED) is 0.613. The third kappa shape index (κ3) is 3.28. The van der Waals surface area contributed by atoms with Gasteiger partial charge >= 0.3 is 5.69 Å². The first-order valence-electron chi connectivity index (χ1n) is 6.01. The van der Waals surface area contributed by atoms with Crippen molar-refractivity contribution in [2.75, 3.05) is 23.7 Å². The van der Waals surface area contributed by atoms with Crippen molar-refractivity contribution < 1.29 is 4.92 Å². The minimum atomic E-state index is -0.478. The van der Waals surface area contributed by atoms with Crippen LogP contribution in [0.5, 0.6) is 0 Å². The van der Waals surface area contributed by atoms with E-state index in [1.54, 1.807) is 0 Å². The Bertz CT molecular complexity index is 424. The van der Waals surface area contributed by atoms with Gasteiger partial charge in [0.2, 0.25) is 11.8 Å². The lowest BCUT2D eigenvalue weighted by atomic mass is 10.1. The van der Waals surface area contributed by atoms with Gasteiger partial charge in [-0.05, 0) is 12.8 Å². The van der Waals surface area contributed by atoms with Crippen LogP contribution in [0.25, 0.3) is 0 Å². The zero-order valence-corrected chi connectivity index (χ0v) is 11.0. The predicted octanol–water partition coefficient (Wildman–Crippen LogP) is 1.84. The third-order valence-corrected chi connectivity index (χ3v) is 2.88. The smallest absolute Gasteiger partial charge is 0.329 e. The van der Waals surface area contributed by atoms with Crippen LogP contribution in [0.15, 0.2) is 6.20 Å². The molecule has 100 valence electrons. The summed E-state index contributed by atoms with van der Waals surface area (Å²) in [6, 6.07) is 0. The Balaban J connectivity index is 3.10. The fourth-order valence-corrected chi connectivity index (χ4v) is 1.61. The fraction of sp³-hybridized carbons (Fsp3) is 0.636. The van der Waals surface area contributed by atoms with Gasteiger partial charge in [0.05, 0.1) is 4.92 Å². The van der Waals surface area contributed by atoms with Crippen molar-refractivity contribution in [2.24, 2.45) is 5.92 Å². The highest BCUT2D eigenvalue weighted by Gasteiger charge is 2.22. The van der Waals surface area contributed by atoms with Gasteiger partial charge in [0.1, 0.15) is 6.20 Å². The van der Waals surface area contributed by atoms with Crippen molar-refractivity contribution in [1.82, 2.24) is 9.97 Å². The summed E-state index contributed by atoms with van der Waals surface area (Å²) in [6.45, 7) is 7.47. The van der Waals surface area contributed by atoms with E-state index in [1.165, 1.54) is 0 Å². The number of nitrogens with two attached hydrogens (primary N) is 1. The second-order valence-corrected chi connectivity index (χ2v) is 4.25. The fourth-order valence-electron chi connectivity index (χ4n) is 1.61. The molecular formula is C11H19N5O2. The molecule has 7 heteroatoms. The normalized spacial score (nSPS) is 12.2. The van der Waals surface area contributed by atoms with E-state index in [2.05, 4.69) is 23.8 Å². The maximum Gasteiger partial charge on any atom is 0.329 e. The molecule has 2 N–H and O–H groups in total. The lowest BCUT2D eigenvalue weighted by Gasteiger charge is -2.24. The van der Waals surface area contributed by atoms with Crippen molar-refractivity contribution in [3.05, 3.63) is 16.3 Å².